The summed E-state index contributed by atoms with van der Waals surface area (Å²) in [5.74, 6) is 0. The SMILES string of the molecule is CC(C)(OC(=O)N1CCCC12CCCC2)c1ccccc1. The Hall–Kier alpha value is -1.51. The van der Waals surface area contributed by atoms with E-state index in [-0.39, 0.29) is 11.6 Å². The van der Waals surface area contributed by atoms with Gasteiger partial charge < -0.3 is 9.64 Å². The summed E-state index contributed by atoms with van der Waals surface area (Å²) in [6.45, 7) is 4.79. The van der Waals surface area contributed by atoms with Crippen molar-refractivity contribution in [2.75, 3.05) is 6.54 Å². The lowest BCUT2D eigenvalue weighted by Crippen LogP contribution is -2.47. The van der Waals surface area contributed by atoms with Crippen molar-refractivity contribution in [2.24, 2.45) is 0 Å². The van der Waals surface area contributed by atoms with Gasteiger partial charge in [0.2, 0.25) is 0 Å². The summed E-state index contributed by atoms with van der Waals surface area (Å²) < 4.78 is 5.88. The predicted octanol–water partition coefficient (Wildman–Crippen LogP) is 4.47. The fraction of sp³-hybridized carbons (Fsp3) is 0.611. The average molecular weight is 287 g/mol. The monoisotopic (exact) mass is 287 g/mol. The van der Waals surface area contributed by atoms with Gasteiger partial charge >= 0.3 is 6.09 Å². The van der Waals surface area contributed by atoms with Crippen LogP contribution in [0, 0.1) is 0 Å². The molecule has 0 unspecified atom stereocenters. The molecule has 0 radical (unpaired) electrons. The Morgan fingerprint density at radius 3 is 2.38 bits per heavy atom. The zero-order valence-corrected chi connectivity index (χ0v) is 13.1. The van der Waals surface area contributed by atoms with E-state index >= 15 is 0 Å². The van der Waals surface area contributed by atoms with Crippen molar-refractivity contribution in [3.05, 3.63) is 35.9 Å². The summed E-state index contributed by atoms with van der Waals surface area (Å²) >= 11 is 0. The summed E-state index contributed by atoms with van der Waals surface area (Å²) in [6, 6.07) is 9.99. The van der Waals surface area contributed by atoms with Gasteiger partial charge in [-0.2, -0.15) is 0 Å². The molecule has 2 fully saturated rings. The third-order valence-electron chi connectivity index (χ3n) is 5.16. The van der Waals surface area contributed by atoms with Crippen LogP contribution in [0.3, 0.4) is 0 Å². The molecule has 3 nitrogen and oxygen atoms in total. The molecule has 1 saturated carbocycles. The summed E-state index contributed by atoms with van der Waals surface area (Å²) in [7, 11) is 0. The number of nitrogens with zero attached hydrogens (tertiary/aromatic N) is 1. The third-order valence-corrected chi connectivity index (χ3v) is 5.16. The quantitative estimate of drug-likeness (QED) is 0.803. The van der Waals surface area contributed by atoms with E-state index in [0.717, 1.165) is 37.8 Å². The maximum absolute atomic E-state index is 12.7. The van der Waals surface area contributed by atoms with Crippen molar-refractivity contribution in [1.82, 2.24) is 4.90 Å². The maximum atomic E-state index is 12.7. The van der Waals surface area contributed by atoms with Crippen LogP contribution in [0.2, 0.25) is 0 Å². The van der Waals surface area contributed by atoms with Crippen LogP contribution in [0.1, 0.15) is 57.9 Å². The first-order chi connectivity index (χ1) is 10.0. The molecule has 0 atom stereocenters. The molecule has 0 bridgehead atoms. The summed E-state index contributed by atoms with van der Waals surface area (Å²) in [5, 5.41) is 0. The molecular formula is C18H25NO2. The van der Waals surface area contributed by atoms with E-state index in [1.807, 2.05) is 49.1 Å². The van der Waals surface area contributed by atoms with E-state index in [2.05, 4.69) is 0 Å². The molecule has 1 aliphatic heterocycles. The van der Waals surface area contributed by atoms with Crippen LogP contribution < -0.4 is 0 Å². The van der Waals surface area contributed by atoms with E-state index in [1.54, 1.807) is 0 Å². The van der Waals surface area contributed by atoms with Crippen molar-refractivity contribution in [1.29, 1.82) is 0 Å². The topological polar surface area (TPSA) is 29.5 Å². The van der Waals surface area contributed by atoms with E-state index in [1.165, 1.54) is 12.8 Å². The number of benzene rings is 1. The van der Waals surface area contributed by atoms with Gasteiger partial charge in [0.05, 0.1) is 0 Å². The molecule has 1 heterocycles. The molecule has 114 valence electrons. The van der Waals surface area contributed by atoms with E-state index in [9.17, 15) is 4.79 Å². The average Bonchev–Trinajstić information content (AvgIpc) is 3.10. The van der Waals surface area contributed by atoms with Crippen molar-refractivity contribution < 1.29 is 9.53 Å². The summed E-state index contributed by atoms with van der Waals surface area (Å²) in [5.41, 5.74) is 0.558. The Balaban J connectivity index is 1.74. The largest absolute Gasteiger partial charge is 0.438 e. The number of likely N-dealkylation sites (tertiary alicyclic amines) is 1. The highest BCUT2D eigenvalue weighted by Crippen LogP contribution is 2.44. The fourth-order valence-corrected chi connectivity index (χ4v) is 3.95. The van der Waals surface area contributed by atoms with Crippen LogP contribution in [-0.2, 0) is 10.3 Å². The van der Waals surface area contributed by atoms with Gasteiger partial charge in [0, 0.05) is 12.1 Å². The highest BCUT2D eigenvalue weighted by atomic mass is 16.6. The number of amides is 1. The lowest BCUT2D eigenvalue weighted by molar-refractivity contribution is -0.00359. The van der Waals surface area contributed by atoms with Crippen molar-refractivity contribution >= 4 is 6.09 Å². The zero-order chi connectivity index (χ0) is 14.9. The number of hydrogen-bond donors (Lipinski definition) is 0. The molecule has 3 heteroatoms. The van der Waals surface area contributed by atoms with Gasteiger partial charge in [-0.3, -0.25) is 0 Å². The minimum Gasteiger partial charge on any atom is -0.438 e. The second-order valence-electron chi connectivity index (χ2n) is 6.93. The maximum Gasteiger partial charge on any atom is 0.411 e. The lowest BCUT2D eigenvalue weighted by Gasteiger charge is -2.37. The molecule has 1 saturated heterocycles. The third kappa shape index (κ3) is 2.66. The Labute approximate surface area is 127 Å². The highest BCUT2D eigenvalue weighted by molar-refractivity contribution is 5.70. The summed E-state index contributed by atoms with van der Waals surface area (Å²) in [4.78, 5) is 14.7. The lowest BCUT2D eigenvalue weighted by atomic mass is 9.94. The Morgan fingerprint density at radius 2 is 1.71 bits per heavy atom. The van der Waals surface area contributed by atoms with E-state index < -0.39 is 5.60 Å². The van der Waals surface area contributed by atoms with Gasteiger partial charge in [-0.05, 0) is 45.1 Å². The Bertz CT molecular complexity index is 498. The first kappa shape index (κ1) is 14.4. The van der Waals surface area contributed by atoms with Crippen molar-refractivity contribution in [3.63, 3.8) is 0 Å². The number of hydrogen-bond acceptors (Lipinski definition) is 2. The molecule has 21 heavy (non-hydrogen) atoms. The summed E-state index contributed by atoms with van der Waals surface area (Å²) in [6.07, 6.45) is 6.90. The van der Waals surface area contributed by atoms with E-state index in [0.29, 0.717) is 0 Å². The number of carbonyl (C=O) groups excluding carboxylic acids is 1. The molecule has 1 aromatic rings. The van der Waals surface area contributed by atoms with Gasteiger partial charge in [0.1, 0.15) is 5.60 Å². The van der Waals surface area contributed by atoms with Gasteiger partial charge in [0.25, 0.3) is 0 Å². The van der Waals surface area contributed by atoms with Gasteiger partial charge in [-0.15, -0.1) is 0 Å². The molecule has 1 aliphatic carbocycles. The predicted molar refractivity (Wildman–Crippen MR) is 83.1 cm³/mol. The standard InChI is InChI=1S/C18H25NO2/c1-17(2,15-9-4-3-5-10-15)21-16(20)19-14-8-13-18(19)11-6-7-12-18/h3-5,9-10H,6-8,11-14H2,1-2H3. The van der Waals surface area contributed by atoms with Crippen LogP contribution in [-0.4, -0.2) is 23.1 Å². The van der Waals surface area contributed by atoms with E-state index in [4.69, 9.17) is 4.74 Å². The number of rotatable bonds is 2. The zero-order valence-electron chi connectivity index (χ0n) is 13.1. The molecule has 1 aromatic carbocycles. The molecule has 1 spiro atoms. The van der Waals surface area contributed by atoms with Crippen LogP contribution in [0.25, 0.3) is 0 Å². The van der Waals surface area contributed by atoms with Gasteiger partial charge in [-0.1, -0.05) is 43.2 Å². The van der Waals surface area contributed by atoms with Crippen LogP contribution in [0.5, 0.6) is 0 Å². The van der Waals surface area contributed by atoms with Crippen molar-refractivity contribution in [2.45, 2.75) is 63.5 Å². The molecule has 0 aromatic heterocycles. The molecule has 2 aliphatic rings. The first-order valence-electron chi connectivity index (χ1n) is 8.10. The first-order valence-corrected chi connectivity index (χ1v) is 8.10. The van der Waals surface area contributed by atoms with Crippen LogP contribution in [0.4, 0.5) is 4.79 Å². The second kappa shape index (κ2) is 5.36. The van der Waals surface area contributed by atoms with Crippen molar-refractivity contribution in [3.8, 4) is 0 Å². The van der Waals surface area contributed by atoms with Gasteiger partial charge in [0.15, 0.2) is 0 Å². The number of carbonyl (C=O) groups is 1. The highest BCUT2D eigenvalue weighted by Gasteiger charge is 2.46. The van der Waals surface area contributed by atoms with Gasteiger partial charge in [-0.25, -0.2) is 4.79 Å². The minimum absolute atomic E-state index is 0.101. The normalized spacial score (nSPS) is 21.0. The number of ether oxygens (including phenoxy) is 1. The Kier molecular flexibility index (Phi) is 3.68. The molecule has 0 N–H and O–H groups in total. The smallest absolute Gasteiger partial charge is 0.411 e. The molecule has 3 rings (SSSR count). The molecule has 1 amide bonds. The fourth-order valence-electron chi connectivity index (χ4n) is 3.95. The minimum atomic E-state index is -0.583. The molecular weight excluding hydrogens is 262 g/mol. The Morgan fingerprint density at radius 1 is 1.10 bits per heavy atom. The second-order valence-corrected chi connectivity index (χ2v) is 6.93. The van der Waals surface area contributed by atoms with Crippen LogP contribution >= 0.6 is 0 Å². The van der Waals surface area contributed by atoms with Crippen LogP contribution in [0.15, 0.2) is 30.3 Å².